The number of benzene rings is 1. The van der Waals surface area contributed by atoms with Crippen LogP contribution in [0.1, 0.15) is 0 Å². The maximum Gasteiger partial charge on any atom is 0.0782 e. The third-order valence-corrected chi connectivity index (χ3v) is 1.53. The number of aromatic nitrogens is 1. The second kappa shape index (κ2) is 2.23. The molecule has 1 aromatic heterocycles. The van der Waals surface area contributed by atoms with Gasteiger partial charge in [0.1, 0.15) is 0 Å². The predicted octanol–water partition coefficient (Wildman–Crippen LogP) is 1.62. The fourth-order valence-electron chi connectivity index (χ4n) is 1.03. The predicted molar refractivity (Wildman–Crippen MR) is 45.0 cm³/mol. The maximum absolute atomic E-state index is 5.55. The average molecular weight is 143 g/mol. The summed E-state index contributed by atoms with van der Waals surface area (Å²) in [6.07, 6.45) is 1.64. The van der Waals surface area contributed by atoms with Crippen LogP contribution in [0, 0.1) is 6.07 Å². The van der Waals surface area contributed by atoms with Crippen molar-refractivity contribution in [1.29, 1.82) is 0 Å². The van der Waals surface area contributed by atoms with Crippen LogP contribution in [-0.2, 0) is 0 Å². The van der Waals surface area contributed by atoms with Gasteiger partial charge in [-0.1, -0.05) is 18.2 Å². The fourth-order valence-corrected chi connectivity index (χ4v) is 1.03. The molecule has 2 aromatic rings. The Morgan fingerprint density at radius 1 is 1.45 bits per heavy atom. The molecule has 0 spiro atoms. The number of nitrogen functional groups attached to an aromatic ring is 1. The van der Waals surface area contributed by atoms with E-state index in [0.29, 0.717) is 5.69 Å². The first-order chi connectivity index (χ1) is 5.36. The molecule has 0 fully saturated rings. The van der Waals surface area contributed by atoms with E-state index >= 15 is 0 Å². The lowest BCUT2D eigenvalue weighted by Gasteiger charge is -1.95. The highest BCUT2D eigenvalue weighted by Gasteiger charge is 1.91. The van der Waals surface area contributed by atoms with E-state index < -0.39 is 0 Å². The molecule has 2 heteroatoms. The molecular weight excluding hydrogens is 136 g/mol. The van der Waals surface area contributed by atoms with Crippen molar-refractivity contribution in [2.75, 3.05) is 5.73 Å². The van der Waals surface area contributed by atoms with Crippen LogP contribution in [0.15, 0.2) is 30.5 Å². The van der Waals surface area contributed by atoms with E-state index in [9.17, 15) is 0 Å². The minimum Gasteiger partial charge on any atom is -0.397 e. The highest BCUT2D eigenvalue weighted by atomic mass is 14.7. The highest BCUT2D eigenvalue weighted by molar-refractivity contribution is 5.80. The smallest absolute Gasteiger partial charge is 0.0782 e. The third kappa shape index (κ3) is 1.03. The van der Waals surface area contributed by atoms with Gasteiger partial charge in [-0.25, -0.2) is 0 Å². The normalized spacial score (nSPS) is 10.2. The number of pyridine rings is 1. The second-order valence-corrected chi connectivity index (χ2v) is 2.38. The van der Waals surface area contributed by atoms with Crippen LogP contribution in [0.4, 0.5) is 5.69 Å². The van der Waals surface area contributed by atoms with E-state index in [1.165, 1.54) is 0 Å². The summed E-state index contributed by atoms with van der Waals surface area (Å²) < 4.78 is 0. The van der Waals surface area contributed by atoms with Crippen molar-refractivity contribution in [1.82, 2.24) is 4.98 Å². The molecule has 0 atom stereocenters. The average Bonchev–Trinajstić information content (AvgIpc) is 2.04. The van der Waals surface area contributed by atoms with E-state index in [0.717, 1.165) is 10.9 Å². The van der Waals surface area contributed by atoms with Crippen molar-refractivity contribution in [3.63, 3.8) is 0 Å². The Bertz CT molecular complexity index is 382. The first-order valence-corrected chi connectivity index (χ1v) is 3.38. The largest absolute Gasteiger partial charge is 0.397 e. The molecule has 2 rings (SSSR count). The van der Waals surface area contributed by atoms with Crippen LogP contribution >= 0.6 is 0 Å². The molecule has 2 nitrogen and oxygen atoms in total. The Hall–Kier alpha value is -1.57. The molecule has 1 aromatic carbocycles. The zero-order valence-electron chi connectivity index (χ0n) is 5.91. The molecule has 0 amide bonds. The highest BCUT2D eigenvalue weighted by Crippen LogP contribution is 2.12. The topological polar surface area (TPSA) is 38.9 Å². The third-order valence-electron chi connectivity index (χ3n) is 1.53. The van der Waals surface area contributed by atoms with Crippen LogP contribution in [-0.4, -0.2) is 4.98 Å². The van der Waals surface area contributed by atoms with Crippen LogP contribution < -0.4 is 5.73 Å². The SMILES string of the molecule is Nc1cnc2[c]cccc2c1. The van der Waals surface area contributed by atoms with Crippen molar-refractivity contribution in [2.24, 2.45) is 0 Å². The van der Waals surface area contributed by atoms with E-state index in [4.69, 9.17) is 5.73 Å². The summed E-state index contributed by atoms with van der Waals surface area (Å²) in [7, 11) is 0. The zero-order valence-corrected chi connectivity index (χ0v) is 5.91. The van der Waals surface area contributed by atoms with Crippen molar-refractivity contribution < 1.29 is 0 Å². The number of anilines is 1. The Balaban J connectivity index is 2.83. The quantitative estimate of drug-likeness (QED) is 0.608. The van der Waals surface area contributed by atoms with Gasteiger partial charge < -0.3 is 5.73 Å². The molecule has 53 valence electrons. The maximum atomic E-state index is 5.55. The van der Waals surface area contributed by atoms with Gasteiger partial charge in [-0.15, -0.1) is 0 Å². The molecular formula is C9H7N2. The van der Waals surface area contributed by atoms with Gasteiger partial charge in [0.05, 0.1) is 17.4 Å². The molecule has 0 saturated heterocycles. The summed E-state index contributed by atoms with van der Waals surface area (Å²) in [5.74, 6) is 0. The molecule has 11 heavy (non-hydrogen) atoms. The molecule has 1 radical (unpaired) electrons. The van der Waals surface area contributed by atoms with Gasteiger partial charge in [-0.3, -0.25) is 4.98 Å². The number of para-hydroxylation sites is 1. The summed E-state index contributed by atoms with van der Waals surface area (Å²) in [5, 5.41) is 1.03. The molecule has 0 aliphatic carbocycles. The van der Waals surface area contributed by atoms with E-state index in [1.54, 1.807) is 6.20 Å². The lowest BCUT2D eigenvalue weighted by molar-refractivity contribution is 1.41. The molecule has 0 aliphatic heterocycles. The van der Waals surface area contributed by atoms with E-state index in [1.807, 2.05) is 24.3 Å². The minimum atomic E-state index is 0.692. The minimum absolute atomic E-state index is 0.692. The van der Waals surface area contributed by atoms with Crippen molar-refractivity contribution in [2.45, 2.75) is 0 Å². The van der Waals surface area contributed by atoms with Gasteiger partial charge >= 0.3 is 0 Å². The lowest BCUT2D eigenvalue weighted by atomic mass is 10.2. The Morgan fingerprint density at radius 3 is 3.27 bits per heavy atom. The summed E-state index contributed by atoms with van der Waals surface area (Å²) >= 11 is 0. The van der Waals surface area contributed by atoms with Crippen LogP contribution in [0.5, 0.6) is 0 Å². The Morgan fingerprint density at radius 2 is 2.36 bits per heavy atom. The molecule has 1 heterocycles. The summed E-state index contributed by atoms with van der Waals surface area (Å²) in [6.45, 7) is 0. The number of nitrogens with two attached hydrogens (primary N) is 1. The van der Waals surface area contributed by atoms with Gasteiger partial charge in [0.2, 0.25) is 0 Å². The summed E-state index contributed by atoms with van der Waals surface area (Å²) in [6, 6.07) is 10.6. The standard InChI is InChI=1S/C9H7N2/c10-8-5-7-3-1-2-4-9(7)11-6-8/h1-3,5-6H,10H2. The number of rotatable bonds is 0. The molecule has 0 saturated carbocycles. The van der Waals surface area contributed by atoms with Crippen LogP contribution in [0.2, 0.25) is 0 Å². The zero-order chi connectivity index (χ0) is 7.68. The van der Waals surface area contributed by atoms with Crippen LogP contribution in [0.25, 0.3) is 10.9 Å². The van der Waals surface area contributed by atoms with Gasteiger partial charge in [-0.2, -0.15) is 0 Å². The number of fused-ring (bicyclic) bond motifs is 1. The van der Waals surface area contributed by atoms with Gasteiger partial charge in [0.15, 0.2) is 0 Å². The van der Waals surface area contributed by atoms with E-state index in [-0.39, 0.29) is 0 Å². The monoisotopic (exact) mass is 143 g/mol. The number of nitrogens with zero attached hydrogens (tertiary/aromatic N) is 1. The second-order valence-electron chi connectivity index (χ2n) is 2.38. The van der Waals surface area contributed by atoms with Gasteiger partial charge in [0.25, 0.3) is 0 Å². The van der Waals surface area contributed by atoms with Crippen molar-refractivity contribution in [3.8, 4) is 0 Å². The van der Waals surface area contributed by atoms with Crippen LogP contribution in [0.3, 0.4) is 0 Å². The summed E-state index contributed by atoms with van der Waals surface area (Å²) in [4.78, 5) is 4.10. The fraction of sp³-hybridized carbons (Fsp3) is 0. The molecule has 0 unspecified atom stereocenters. The molecule has 2 N–H and O–H groups in total. The molecule has 0 bridgehead atoms. The number of hydrogen-bond donors (Lipinski definition) is 1. The lowest BCUT2D eigenvalue weighted by Crippen LogP contribution is -1.86. The van der Waals surface area contributed by atoms with Gasteiger partial charge in [-0.05, 0) is 6.07 Å². The Kier molecular flexibility index (Phi) is 1.25. The van der Waals surface area contributed by atoms with Crippen molar-refractivity contribution in [3.05, 3.63) is 36.5 Å². The number of hydrogen-bond acceptors (Lipinski definition) is 2. The first kappa shape index (κ1) is 6.16. The van der Waals surface area contributed by atoms with Gasteiger partial charge in [0, 0.05) is 11.5 Å². The van der Waals surface area contributed by atoms with E-state index in [2.05, 4.69) is 11.1 Å². The summed E-state index contributed by atoms with van der Waals surface area (Å²) in [5.41, 5.74) is 7.10. The molecule has 0 aliphatic rings. The first-order valence-electron chi connectivity index (χ1n) is 3.38. The Labute approximate surface area is 64.7 Å². The van der Waals surface area contributed by atoms with Crippen molar-refractivity contribution >= 4 is 16.6 Å².